The van der Waals surface area contributed by atoms with Crippen LogP contribution in [0.3, 0.4) is 0 Å². The number of hydrogen-bond acceptors (Lipinski definition) is 6. The van der Waals surface area contributed by atoms with E-state index in [0.29, 0.717) is 66.1 Å². The van der Waals surface area contributed by atoms with Crippen molar-refractivity contribution in [2.24, 2.45) is 0 Å². The van der Waals surface area contributed by atoms with Crippen LogP contribution < -0.4 is 24.7 Å². The molecule has 0 fully saturated rings. The lowest BCUT2D eigenvalue weighted by Gasteiger charge is -2.21. The van der Waals surface area contributed by atoms with Crippen molar-refractivity contribution >= 4 is 17.5 Å². The highest BCUT2D eigenvalue weighted by Gasteiger charge is 2.19. The molecule has 0 aliphatic carbocycles. The Hall–Kier alpha value is -3.15. The first kappa shape index (κ1) is 20.6. The molecule has 0 unspecified atom stereocenters. The van der Waals surface area contributed by atoms with E-state index in [0.717, 1.165) is 12.0 Å². The number of nitrogen functional groups attached to an aromatic ring is 1. The minimum Gasteiger partial charge on any atom is -0.493 e. The zero-order valence-corrected chi connectivity index (χ0v) is 17.1. The summed E-state index contributed by atoms with van der Waals surface area (Å²) in [5.74, 6) is 2.27. The van der Waals surface area contributed by atoms with Gasteiger partial charge in [0, 0.05) is 11.1 Å². The summed E-state index contributed by atoms with van der Waals surface area (Å²) < 4.78 is 22.3. The molecule has 1 aliphatic rings. The molecule has 0 aromatic heterocycles. The number of methoxy groups -OCH3 is 1. The molecule has 6 heteroatoms. The fraction of sp³-hybridized carbons (Fsp3) is 0.348. The molecule has 1 aliphatic heterocycles. The fourth-order valence-corrected chi connectivity index (χ4v) is 3.24. The maximum absolute atomic E-state index is 13.2. The van der Waals surface area contributed by atoms with Crippen LogP contribution in [0.2, 0.25) is 0 Å². The van der Waals surface area contributed by atoms with Crippen LogP contribution in [-0.2, 0) is 0 Å². The number of carbonyl (C=O) groups is 1. The maximum atomic E-state index is 13.2. The average molecular weight is 397 g/mol. The number of ketones is 1. The Morgan fingerprint density at radius 1 is 1.14 bits per heavy atom. The van der Waals surface area contributed by atoms with Crippen molar-refractivity contribution in [3.05, 3.63) is 47.0 Å². The van der Waals surface area contributed by atoms with Crippen LogP contribution >= 0.6 is 0 Å². The number of carbonyl (C=O) groups excluding carboxylic acids is 1. The molecule has 154 valence electrons. The van der Waals surface area contributed by atoms with E-state index in [4.69, 9.17) is 24.7 Å². The third-order valence-electron chi connectivity index (χ3n) is 4.58. The lowest BCUT2D eigenvalue weighted by molar-refractivity contribution is 0.103. The Morgan fingerprint density at radius 2 is 1.93 bits per heavy atom. The predicted molar refractivity (Wildman–Crippen MR) is 113 cm³/mol. The zero-order valence-electron chi connectivity index (χ0n) is 17.1. The third-order valence-corrected chi connectivity index (χ3v) is 4.58. The first-order valence-corrected chi connectivity index (χ1v) is 9.82. The highest BCUT2D eigenvalue weighted by Crippen LogP contribution is 2.41. The molecule has 0 bridgehead atoms. The van der Waals surface area contributed by atoms with Crippen molar-refractivity contribution in [1.82, 2.24) is 0 Å². The molecule has 1 heterocycles. The maximum Gasteiger partial charge on any atom is 0.203 e. The van der Waals surface area contributed by atoms with Gasteiger partial charge in [0.1, 0.15) is 19.0 Å². The van der Waals surface area contributed by atoms with Gasteiger partial charge in [-0.25, -0.2) is 0 Å². The molecule has 2 aromatic rings. The molecule has 0 saturated carbocycles. The third kappa shape index (κ3) is 4.65. The summed E-state index contributed by atoms with van der Waals surface area (Å²) in [5.41, 5.74) is 8.52. The van der Waals surface area contributed by atoms with Crippen LogP contribution in [0, 0.1) is 0 Å². The van der Waals surface area contributed by atoms with E-state index in [1.165, 1.54) is 0 Å². The molecule has 0 saturated heterocycles. The van der Waals surface area contributed by atoms with Gasteiger partial charge in [-0.2, -0.15) is 0 Å². The molecular formula is C23H27NO5. The van der Waals surface area contributed by atoms with E-state index < -0.39 is 0 Å². The van der Waals surface area contributed by atoms with Gasteiger partial charge in [-0.05, 0) is 55.3 Å². The van der Waals surface area contributed by atoms with Crippen molar-refractivity contribution in [3.8, 4) is 23.0 Å². The van der Waals surface area contributed by atoms with Gasteiger partial charge in [0.05, 0.1) is 19.4 Å². The van der Waals surface area contributed by atoms with Crippen LogP contribution in [0.5, 0.6) is 23.0 Å². The number of ether oxygens (including phenoxy) is 4. The Labute approximate surface area is 171 Å². The highest BCUT2D eigenvalue weighted by molar-refractivity contribution is 6.11. The number of fused-ring (bicyclic) bond motifs is 1. The zero-order chi connectivity index (χ0) is 20.8. The summed E-state index contributed by atoms with van der Waals surface area (Å²) in [6.45, 7) is 5.37. The van der Waals surface area contributed by atoms with Gasteiger partial charge in [0.15, 0.2) is 17.3 Å². The molecule has 6 nitrogen and oxygen atoms in total. The summed E-state index contributed by atoms with van der Waals surface area (Å²) in [6, 6.07) is 8.86. The molecule has 2 aromatic carbocycles. The van der Waals surface area contributed by atoms with Crippen molar-refractivity contribution in [1.29, 1.82) is 0 Å². The van der Waals surface area contributed by atoms with Gasteiger partial charge in [-0.1, -0.05) is 13.3 Å². The second-order valence-electron chi connectivity index (χ2n) is 6.68. The molecule has 0 radical (unpaired) electrons. The van der Waals surface area contributed by atoms with E-state index in [1.54, 1.807) is 25.3 Å². The quantitative estimate of drug-likeness (QED) is 0.401. The summed E-state index contributed by atoms with van der Waals surface area (Å²) in [6.07, 6.45) is 3.36. The van der Waals surface area contributed by atoms with Crippen LogP contribution in [0.4, 0.5) is 5.69 Å². The molecular weight excluding hydrogens is 370 g/mol. The van der Waals surface area contributed by atoms with E-state index in [-0.39, 0.29) is 5.78 Å². The molecule has 2 N–H and O–H groups in total. The van der Waals surface area contributed by atoms with E-state index >= 15 is 0 Å². The Bertz CT molecular complexity index is 902. The molecule has 0 spiro atoms. The largest absolute Gasteiger partial charge is 0.493 e. The first-order valence-electron chi connectivity index (χ1n) is 9.82. The average Bonchev–Trinajstić information content (AvgIpc) is 2.74. The van der Waals surface area contributed by atoms with Crippen molar-refractivity contribution in [2.75, 3.05) is 32.7 Å². The van der Waals surface area contributed by atoms with Gasteiger partial charge in [0.25, 0.3) is 0 Å². The van der Waals surface area contributed by atoms with Crippen molar-refractivity contribution in [3.63, 3.8) is 0 Å². The summed E-state index contributed by atoms with van der Waals surface area (Å²) in [7, 11) is 1.59. The van der Waals surface area contributed by atoms with Gasteiger partial charge < -0.3 is 24.7 Å². The summed E-state index contributed by atoms with van der Waals surface area (Å²) in [5, 5.41) is 0. The monoisotopic (exact) mass is 397 g/mol. The standard InChI is InChI=1S/C23H27NO5/c1-4-6-16(22(25)17-7-8-18(24)19(14-17)27-5-2)11-15-12-20(26-3)23-21(13-15)28-9-10-29-23/h7-8,11-14H,4-6,9-10,24H2,1-3H3/b16-11+. The number of Topliss-reactive ketones (excluding diaryl/α,β-unsaturated/α-hetero) is 1. The van der Waals surface area contributed by atoms with Crippen LogP contribution in [0.15, 0.2) is 35.9 Å². The number of rotatable bonds is 8. The van der Waals surface area contributed by atoms with E-state index in [9.17, 15) is 4.79 Å². The predicted octanol–water partition coefficient (Wildman–Crippen LogP) is 4.51. The minimum absolute atomic E-state index is 0.0540. The molecule has 3 rings (SSSR count). The fourth-order valence-electron chi connectivity index (χ4n) is 3.24. The smallest absolute Gasteiger partial charge is 0.203 e. The Balaban J connectivity index is 1.98. The highest BCUT2D eigenvalue weighted by atomic mass is 16.6. The summed E-state index contributed by atoms with van der Waals surface area (Å²) >= 11 is 0. The number of allylic oxidation sites excluding steroid dienone is 1. The van der Waals surface area contributed by atoms with Crippen molar-refractivity contribution < 1.29 is 23.7 Å². The van der Waals surface area contributed by atoms with Crippen LogP contribution in [0.25, 0.3) is 6.08 Å². The molecule has 0 atom stereocenters. The van der Waals surface area contributed by atoms with Gasteiger partial charge in [0.2, 0.25) is 5.75 Å². The number of nitrogens with two attached hydrogens (primary N) is 1. The number of hydrogen-bond donors (Lipinski definition) is 1. The van der Waals surface area contributed by atoms with E-state index in [2.05, 4.69) is 0 Å². The number of benzene rings is 2. The topological polar surface area (TPSA) is 80.0 Å². The Kier molecular flexibility index (Phi) is 6.65. The normalized spacial score (nSPS) is 13.1. The Morgan fingerprint density at radius 3 is 2.66 bits per heavy atom. The first-order chi connectivity index (χ1) is 14.1. The number of anilines is 1. The van der Waals surface area contributed by atoms with E-state index in [1.807, 2.05) is 32.1 Å². The molecule has 0 amide bonds. The second-order valence-corrected chi connectivity index (χ2v) is 6.68. The SMILES string of the molecule is CCC/C(=C\c1cc(OC)c2c(c1)OCCO2)C(=O)c1ccc(N)c(OCC)c1. The van der Waals surface area contributed by atoms with Crippen molar-refractivity contribution in [2.45, 2.75) is 26.7 Å². The van der Waals surface area contributed by atoms with Crippen LogP contribution in [0.1, 0.15) is 42.6 Å². The van der Waals surface area contributed by atoms with Gasteiger partial charge in [-0.15, -0.1) is 0 Å². The lowest BCUT2D eigenvalue weighted by atomic mass is 9.96. The lowest BCUT2D eigenvalue weighted by Crippen LogP contribution is -2.16. The van der Waals surface area contributed by atoms with Gasteiger partial charge >= 0.3 is 0 Å². The molecule has 29 heavy (non-hydrogen) atoms. The second kappa shape index (κ2) is 9.37. The minimum atomic E-state index is -0.0540. The van der Waals surface area contributed by atoms with Gasteiger partial charge in [-0.3, -0.25) is 4.79 Å². The van der Waals surface area contributed by atoms with Crippen LogP contribution in [-0.4, -0.2) is 32.7 Å². The summed E-state index contributed by atoms with van der Waals surface area (Å²) in [4.78, 5) is 13.2.